The number of aromatic nitrogens is 2. The second-order valence-electron chi connectivity index (χ2n) is 4.11. The highest BCUT2D eigenvalue weighted by Crippen LogP contribution is 2.15. The maximum Gasteiger partial charge on any atom is 0.310 e. The average Bonchev–Trinajstić information content (AvgIpc) is 2.32. The number of nitrogens with zero attached hydrogens (tertiary/aromatic N) is 1. The van der Waals surface area contributed by atoms with Gasteiger partial charge in [-0.05, 0) is 13.3 Å². The van der Waals surface area contributed by atoms with Crippen LogP contribution in [0.15, 0.2) is 4.79 Å². The van der Waals surface area contributed by atoms with Gasteiger partial charge in [0.05, 0.1) is 18.6 Å². The Morgan fingerprint density at radius 3 is 2.67 bits per heavy atom. The minimum absolute atomic E-state index is 0.0992. The summed E-state index contributed by atoms with van der Waals surface area (Å²) in [6.07, 6.45) is 0.697. The number of nitrogens with two attached hydrogens (primary N) is 1. The van der Waals surface area contributed by atoms with Gasteiger partial charge in [0.15, 0.2) is 0 Å². The van der Waals surface area contributed by atoms with Crippen molar-refractivity contribution in [3.8, 4) is 0 Å². The zero-order valence-electron chi connectivity index (χ0n) is 10.9. The van der Waals surface area contributed by atoms with Gasteiger partial charge in [0.2, 0.25) is 0 Å². The molecule has 6 heteroatoms. The number of rotatable bonds is 5. The van der Waals surface area contributed by atoms with Gasteiger partial charge in [0, 0.05) is 5.92 Å². The standard InChI is InChI=1S/C12H19N3O3/c1-4-7(3)11-14-10(13)8(12(17)15-11)6-9(16)18-5-2/h7H,4-6H2,1-3H3,(H3,13,14,15,17). The molecule has 0 fully saturated rings. The van der Waals surface area contributed by atoms with Crippen LogP contribution in [0.25, 0.3) is 0 Å². The summed E-state index contributed by atoms with van der Waals surface area (Å²) in [6, 6.07) is 0. The number of hydrogen-bond donors (Lipinski definition) is 2. The Hall–Kier alpha value is -1.85. The van der Waals surface area contributed by atoms with E-state index in [9.17, 15) is 9.59 Å². The predicted molar refractivity (Wildman–Crippen MR) is 68.3 cm³/mol. The first-order valence-electron chi connectivity index (χ1n) is 6.03. The van der Waals surface area contributed by atoms with Gasteiger partial charge in [-0.2, -0.15) is 0 Å². The summed E-state index contributed by atoms with van der Waals surface area (Å²) in [4.78, 5) is 30.0. The van der Waals surface area contributed by atoms with Gasteiger partial charge in [0.25, 0.3) is 5.56 Å². The lowest BCUT2D eigenvalue weighted by Crippen LogP contribution is -2.23. The maximum atomic E-state index is 11.8. The van der Waals surface area contributed by atoms with Crippen molar-refractivity contribution in [1.82, 2.24) is 9.97 Å². The highest BCUT2D eigenvalue weighted by atomic mass is 16.5. The number of hydrogen-bond acceptors (Lipinski definition) is 5. The molecule has 0 radical (unpaired) electrons. The molecule has 3 N–H and O–H groups in total. The van der Waals surface area contributed by atoms with Crippen molar-refractivity contribution in [3.63, 3.8) is 0 Å². The molecule has 18 heavy (non-hydrogen) atoms. The Morgan fingerprint density at radius 2 is 2.17 bits per heavy atom. The van der Waals surface area contributed by atoms with E-state index in [1.165, 1.54) is 0 Å². The van der Waals surface area contributed by atoms with Gasteiger partial charge in [-0.3, -0.25) is 9.59 Å². The Labute approximate surface area is 106 Å². The Morgan fingerprint density at radius 1 is 1.50 bits per heavy atom. The third-order valence-electron chi connectivity index (χ3n) is 2.77. The third kappa shape index (κ3) is 3.32. The molecule has 0 saturated heterocycles. The Balaban J connectivity index is 3.02. The Kier molecular flexibility index (Phi) is 4.88. The molecular formula is C12H19N3O3. The highest BCUT2D eigenvalue weighted by molar-refractivity contribution is 5.74. The van der Waals surface area contributed by atoms with E-state index >= 15 is 0 Å². The van der Waals surface area contributed by atoms with Gasteiger partial charge < -0.3 is 15.5 Å². The SMILES string of the molecule is CCOC(=O)Cc1c(N)nc(C(C)CC)[nH]c1=O. The molecule has 0 spiro atoms. The molecule has 0 aliphatic rings. The van der Waals surface area contributed by atoms with Gasteiger partial charge in [0.1, 0.15) is 11.6 Å². The fraction of sp³-hybridized carbons (Fsp3) is 0.583. The molecule has 0 aliphatic heterocycles. The minimum atomic E-state index is -0.479. The number of nitrogen functional groups attached to an aromatic ring is 1. The fourth-order valence-electron chi connectivity index (χ4n) is 1.49. The Bertz CT molecular complexity index is 482. The first kappa shape index (κ1) is 14.2. The molecule has 6 nitrogen and oxygen atoms in total. The van der Waals surface area contributed by atoms with Crippen molar-refractivity contribution in [3.05, 3.63) is 21.7 Å². The largest absolute Gasteiger partial charge is 0.466 e. The number of carbonyl (C=O) groups excluding carboxylic acids is 1. The van der Waals surface area contributed by atoms with E-state index in [2.05, 4.69) is 9.97 Å². The van der Waals surface area contributed by atoms with Crippen LogP contribution in [0.5, 0.6) is 0 Å². The monoisotopic (exact) mass is 253 g/mol. The van der Waals surface area contributed by atoms with Crippen LogP contribution in [0.2, 0.25) is 0 Å². The lowest BCUT2D eigenvalue weighted by atomic mass is 10.1. The second kappa shape index (κ2) is 6.18. The minimum Gasteiger partial charge on any atom is -0.466 e. The first-order chi connectivity index (χ1) is 8.49. The van der Waals surface area contributed by atoms with E-state index in [0.717, 1.165) is 6.42 Å². The van der Waals surface area contributed by atoms with Gasteiger partial charge in [-0.15, -0.1) is 0 Å². The van der Waals surface area contributed by atoms with Crippen LogP contribution in [0, 0.1) is 0 Å². The summed E-state index contributed by atoms with van der Waals surface area (Å²) in [5, 5.41) is 0. The van der Waals surface area contributed by atoms with E-state index in [1.807, 2.05) is 13.8 Å². The lowest BCUT2D eigenvalue weighted by molar-refractivity contribution is -0.142. The molecule has 1 atom stereocenters. The van der Waals surface area contributed by atoms with Crippen molar-refractivity contribution in [2.24, 2.45) is 0 Å². The zero-order chi connectivity index (χ0) is 13.7. The topological polar surface area (TPSA) is 98.1 Å². The molecule has 1 heterocycles. The van der Waals surface area contributed by atoms with Crippen molar-refractivity contribution in [2.45, 2.75) is 39.5 Å². The predicted octanol–water partition coefficient (Wildman–Crippen LogP) is 0.971. The van der Waals surface area contributed by atoms with E-state index in [4.69, 9.17) is 10.5 Å². The van der Waals surface area contributed by atoms with Crippen molar-refractivity contribution in [1.29, 1.82) is 0 Å². The van der Waals surface area contributed by atoms with Crippen LogP contribution in [0.3, 0.4) is 0 Å². The number of aromatic amines is 1. The van der Waals surface area contributed by atoms with Crippen LogP contribution in [-0.2, 0) is 16.0 Å². The second-order valence-corrected chi connectivity index (χ2v) is 4.11. The van der Waals surface area contributed by atoms with E-state index in [0.29, 0.717) is 5.82 Å². The maximum absolute atomic E-state index is 11.8. The molecule has 0 amide bonds. The first-order valence-corrected chi connectivity index (χ1v) is 6.03. The highest BCUT2D eigenvalue weighted by Gasteiger charge is 2.15. The summed E-state index contributed by atoms with van der Waals surface area (Å²) in [5.41, 5.74) is 5.52. The van der Waals surface area contributed by atoms with E-state index in [-0.39, 0.29) is 35.9 Å². The third-order valence-corrected chi connectivity index (χ3v) is 2.77. The molecular weight excluding hydrogens is 234 g/mol. The lowest BCUT2D eigenvalue weighted by Gasteiger charge is -2.10. The van der Waals surface area contributed by atoms with Crippen molar-refractivity contribution >= 4 is 11.8 Å². The molecule has 100 valence electrons. The smallest absolute Gasteiger partial charge is 0.310 e. The number of anilines is 1. The molecule has 1 rings (SSSR count). The van der Waals surface area contributed by atoms with Crippen LogP contribution in [0.4, 0.5) is 5.82 Å². The zero-order valence-corrected chi connectivity index (χ0v) is 10.9. The van der Waals surface area contributed by atoms with Gasteiger partial charge in [-0.1, -0.05) is 13.8 Å². The molecule has 1 unspecified atom stereocenters. The molecule has 0 bridgehead atoms. The normalized spacial score (nSPS) is 12.2. The van der Waals surface area contributed by atoms with Crippen LogP contribution in [-0.4, -0.2) is 22.5 Å². The van der Waals surface area contributed by atoms with Crippen molar-refractivity contribution < 1.29 is 9.53 Å². The molecule has 1 aromatic heterocycles. The molecule has 1 aromatic rings. The number of esters is 1. The van der Waals surface area contributed by atoms with Gasteiger partial charge in [-0.25, -0.2) is 4.98 Å². The van der Waals surface area contributed by atoms with Crippen LogP contribution >= 0.6 is 0 Å². The van der Waals surface area contributed by atoms with Crippen LogP contribution < -0.4 is 11.3 Å². The quantitative estimate of drug-likeness (QED) is 0.762. The summed E-state index contributed by atoms with van der Waals surface area (Å²) in [6.45, 7) is 5.92. The number of carbonyl (C=O) groups is 1. The molecule has 0 aromatic carbocycles. The summed E-state index contributed by atoms with van der Waals surface area (Å²) in [7, 11) is 0. The molecule has 0 aliphatic carbocycles. The summed E-state index contributed by atoms with van der Waals surface area (Å²) in [5.74, 6) is 0.291. The van der Waals surface area contributed by atoms with Gasteiger partial charge >= 0.3 is 5.97 Å². The summed E-state index contributed by atoms with van der Waals surface area (Å²) >= 11 is 0. The van der Waals surface area contributed by atoms with Crippen molar-refractivity contribution in [2.75, 3.05) is 12.3 Å². The van der Waals surface area contributed by atoms with E-state index < -0.39 is 5.97 Å². The number of ether oxygens (including phenoxy) is 1. The fourth-order valence-corrected chi connectivity index (χ4v) is 1.49. The average molecular weight is 253 g/mol. The molecule has 0 saturated carbocycles. The van der Waals surface area contributed by atoms with E-state index in [1.54, 1.807) is 6.92 Å². The van der Waals surface area contributed by atoms with Crippen LogP contribution in [0.1, 0.15) is 44.5 Å². The summed E-state index contributed by atoms with van der Waals surface area (Å²) < 4.78 is 4.78. The number of nitrogens with one attached hydrogen (secondary N) is 1. The number of H-pyrrole nitrogens is 1.